The second kappa shape index (κ2) is 9.30. The topological polar surface area (TPSA) is 56.1 Å². The molecule has 1 heterocycles. The lowest BCUT2D eigenvalue weighted by atomic mass is 10.0. The molecule has 156 valence electrons. The fourth-order valence-electron chi connectivity index (χ4n) is 3.62. The van der Waals surface area contributed by atoms with E-state index < -0.39 is 0 Å². The molecule has 0 aliphatic carbocycles. The number of methoxy groups -OCH3 is 1. The summed E-state index contributed by atoms with van der Waals surface area (Å²) >= 11 is 0. The van der Waals surface area contributed by atoms with Gasteiger partial charge < -0.3 is 14.6 Å². The minimum atomic E-state index is -0.369. The first-order valence-corrected chi connectivity index (χ1v) is 10.2. The van der Waals surface area contributed by atoms with E-state index in [1.165, 1.54) is 0 Å². The van der Waals surface area contributed by atoms with Crippen LogP contribution in [-0.2, 0) is 18.3 Å². The van der Waals surface area contributed by atoms with Crippen molar-refractivity contribution in [1.29, 1.82) is 0 Å². The molecule has 0 aliphatic heterocycles. The van der Waals surface area contributed by atoms with Crippen molar-refractivity contribution in [2.24, 2.45) is 7.05 Å². The molecule has 4 aromatic rings. The fraction of sp³-hybridized carbons (Fsp3) is 0.154. The highest BCUT2D eigenvalue weighted by Crippen LogP contribution is 2.25. The molecule has 31 heavy (non-hydrogen) atoms. The molecule has 0 aliphatic rings. The lowest BCUT2D eigenvalue weighted by molar-refractivity contribution is -0.121. The molecular weight excluding hydrogens is 386 g/mol. The number of ether oxygens (including phenoxy) is 1. The number of aryl methyl sites for hydroxylation is 1. The number of hydrogen-bond acceptors (Lipinski definition) is 3. The van der Waals surface area contributed by atoms with Gasteiger partial charge in [-0.25, -0.2) is 4.98 Å². The monoisotopic (exact) mass is 411 g/mol. The molecule has 1 atom stereocenters. The van der Waals surface area contributed by atoms with Crippen LogP contribution in [0.25, 0.3) is 11.1 Å². The van der Waals surface area contributed by atoms with Crippen molar-refractivity contribution in [3.05, 3.63) is 108 Å². The number of nitrogens with one attached hydrogen (secondary N) is 1. The maximum atomic E-state index is 12.9. The van der Waals surface area contributed by atoms with Crippen LogP contribution in [0, 0.1) is 0 Å². The summed E-state index contributed by atoms with van der Waals surface area (Å²) in [6.45, 7) is 0. The fourth-order valence-corrected chi connectivity index (χ4v) is 3.62. The molecule has 1 aromatic heterocycles. The average Bonchev–Trinajstić information content (AvgIpc) is 3.24. The Hall–Kier alpha value is -3.86. The Morgan fingerprint density at radius 3 is 2.42 bits per heavy atom. The van der Waals surface area contributed by atoms with Crippen LogP contribution < -0.4 is 10.1 Å². The van der Waals surface area contributed by atoms with Crippen molar-refractivity contribution in [3.63, 3.8) is 0 Å². The molecule has 4 rings (SSSR count). The number of nitrogens with zero attached hydrogens (tertiary/aromatic N) is 2. The van der Waals surface area contributed by atoms with E-state index in [0.717, 1.165) is 33.8 Å². The van der Waals surface area contributed by atoms with Crippen LogP contribution in [0.2, 0.25) is 0 Å². The van der Waals surface area contributed by atoms with E-state index in [0.29, 0.717) is 6.42 Å². The lowest BCUT2D eigenvalue weighted by Crippen LogP contribution is -2.32. The first kappa shape index (κ1) is 20.4. The van der Waals surface area contributed by atoms with E-state index in [-0.39, 0.29) is 11.9 Å². The molecule has 0 saturated heterocycles. The standard InChI is InChI=1S/C26H25N3O2/c1-29-16-15-27-26(29)25(22-9-6-10-23(18-22)31-2)28-24(30)17-19-11-13-21(14-12-19)20-7-4-3-5-8-20/h3-16,18,25H,17H2,1-2H3,(H,28,30)/t25-/m1/s1. The number of hydrogen-bond donors (Lipinski definition) is 1. The zero-order valence-electron chi connectivity index (χ0n) is 17.7. The van der Waals surface area contributed by atoms with Gasteiger partial charge in [-0.15, -0.1) is 0 Å². The molecule has 0 radical (unpaired) electrons. The number of carbonyl (C=O) groups excluding carboxylic acids is 1. The van der Waals surface area contributed by atoms with Crippen molar-refractivity contribution < 1.29 is 9.53 Å². The number of carbonyl (C=O) groups is 1. The maximum absolute atomic E-state index is 12.9. The third-order valence-electron chi connectivity index (χ3n) is 5.27. The number of aromatic nitrogens is 2. The van der Waals surface area contributed by atoms with Gasteiger partial charge in [0.25, 0.3) is 0 Å². The van der Waals surface area contributed by atoms with E-state index in [9.17, 15) is 4.79 Å². The van der Waals surface area contributed by atoms with Gasteiger partial charge in [0.2, 0.25) is 5.91 Å². The molecule has 5 nitrogen and oxygen atoms in total. The van der Waals surface area contributed by atoms with Crippen molar-refractivity contribution >= 4 is 5.91 Å². The van der Waals surface area contributed by atoms with E-state index in [1.807, 2.05) is 72.4 Å². The van der Waals surface area contributed by atoms with Gasteiger partial charge in [-0.05, 0) is 34.4 Å². The van der Waals surface area contributed by atoms with Crippen LogP contribution in [0.1, 0.15) is 23.0 Å². The summed E-state index contributed by atoms with van der Waals surface area (Å²) in [5.41, 5.74) is 4.17. The Morgan fingerprint density at radius 1 is 1.00 bits per heavy atom. The van der Waals surface area contributed by atoms with Gasteiger partial charge in [0.15, 0.2) is 0 Å². The first-order valence-electron chi connectivity index (χ1n) is 10.2. The van der Waals surface area contributed by atoms with Crippen LogP contribution in [0.15, 0.2) is 91.3 Å². The highest BCUT2D eigenvalue weighted by atomic mass is 16.5. The zero-order valence-corrected chi connectivity index (χ0v) is 17.7. The van der Waals surface area contributed by atoms with Gasteiger partial charge in [-0.1, -0.05) is 66.7 Å². The molecule has 0 bridgehead atoms. The molecule has 0 fully saturated rings. The first-order chi connectivity index (χ1) is 15.1. The summed E-state index contributed by atoms with van der Waals surface area (Å²) in [6.07, 6.45) is 3.90. The second-order valence-corrected chi connectivity index (χ2v) is 7.41. The second-order valence-electron chi connectivity index (χ2n) is 7.41. The number of imidazole rings is 1. The van der Waals surface area contributed by atoms with Crippen LogP contribution in [0.4, 0.5) is 0 Å². The van der Waals surface area contributed by atoms with Gasteiger partial charge >= 0.3 is 0 Å². The normalized spacial score (nSPS) is 11.7. The molecular formula is C26H25N3O2. The van der Waals surface area contributed by atoms with Gasteiger partial charge in [-0.3, -0.25) is 4.79 Å². The molecule has 0 unspecified atom stereocenters. The predicted octanol–water partition coefficient (Wildman–Crippen LogP) is 4.54. The Kier molecular flexibility index (Phi) is 6.13. The summed E-state index contributed by atoms with van der Waals surface area (Å²) in [5, 5.41) is 3.14. The average molecular weight is 412 g/mol. The third-order valence-corrected chi connectivity index (χ3v) is 5.27. The predicted molar refractivity (Wildman–Crippen MR) is 122 cm³/mol. The lowest BCUT2D eigenvalue weighted by Gasteiger charge is -2.20. The Labute approximate surface area is 182 Å². The van der Waals surface area contributed by atoms with E-state index >= 15 is 0 Å². The third kappa shape index (κ3) is 4.83. The minimum Gasteiger partial charge on any atom is -0.497 e. The molecule has 1 N–H and O–H groups in total. The summed E-state index contributed by atoms with van der Waals surface area (Å²) in [6, 6.07) is 25.6. The number of amides is 1. The number of benzene rings is 3. The molecule has 0 saturated carbocycles. The Bertz CT molecular complexity index is 1150. The van der Waals surface area contributed by atoms with Crippen LogP contribution in [0.5, 0.6) is 5.75 Å². The molecule has 1 amide bonds. The quantitative estimate of drug-likeness (QED) is 0.486. The van der Waals surface area contributed by atoms with Crippen LogP contribution >= 0.6 is 0 Å². The molecule has 3 aromatic carbocycles. The van der Waals surface area contributed by atoms with Gasteiger partial charge in [0, 0.05) is 19.4 Å². The zero-order chi connectivity index (χ0) is 21.6. The van der Waals surface area contributed by atoms with E-state index in [4.69, 9.17) is 4.74 Å². The molecule has 0 spiro atoms. The van der Waals surface area contributed by atoms with E-state index in [2.05, 4.69) is 34.6 Å². The molecule has 5 heteroatoms. The van der Waals surface area contributed by atoms with Gasteiger partial charge in [-0.2, -0.15) is 0 Å². The van der Waals surface area contributed by atoms with Gasteiger partial charge in [0.1, 0.15) is 17.6 Å². The Morgan fingerprint density at radius 2 is 1.74 bits per heavy atom. The maximum Gasteiger partial charge on any atom is 0.225 e. The van der Waals surface area contributed by atoms with Gasteiger partial charge in [0.05, 0.1) is 13.5 Å². The highest BCUT2D eigenvalue weighted by molar-refractivity contribution is 5.79. The van der Waals surface area contributed by atoms with Crippen molar-refractivity contribution in [1.82, 2.24) is 14.9 Å². The van der Waals surface area contributed by atoms with Crippen LogP contribution in [-0.4, -0.2) is 22.6 Å². The smallest absolute Gasteiger partial charge is 0.225 e. The number of rotatable bonds is 7. The minimum absolute atomic E-state index is 0.0664. The van der Waals surface area contributed by atoms with Crippen molar-refractivity contribution in [3.8, 4) is 16.9 Å². The Balaban J connectivity index is 1.52. The van der Waals surface area contributed by atoms with Crippen LogP contribution in [0.3, 0.4) is 0 Å². The van der Waals surface area contributed by atoms with E-state index in [1.54, 1.807) is 13.3 Å². The SMILES string of the molecule is COc1cccc([C@@H](NC(=O)Cc2ccc(-c3ccccc3)cc2)c2nccn2C)c1. The largest absolute Gasteiger partial charge is 0.497 e. The summed E-state index contributed by atoms with van der Waals surface area (Å²) in [7, 11) is 3.55. The summed E-state index contributed by atoms with van der Waals surface area (Å²) in [4.78, 5) is 17.4. The summed E-state index contributed by atoms with van der Waals surface area (Å²) in [5.74, 6) is 1.44. The summed E-state index contributed by atoms with van der Waals surface area (Å²) < 4.78 is 7.28. The van der Waals surface area contributed by atoms with Crippen molar-refractivity contribution in [2.75, 3.05) is 7.11 Å². The van der Waals surface area contributed by atoms with Crippen molar-refractivity contribution in [2.45, 2.75) is 12.5 Å². The highest BCUT2D eigenvalue weighted by Gasteiger charge is 2.21.